The first kappa shape index (κ1) is 19.2. The molecule has 0 aliphatic rings. The van der Waals surface area contributed by atoms with Gasteiger partial charge in [-0.1, -0.05) is 18.2 Å². The summed E-state index contributed by atoms with van der Waals surface area (Å²) in [6.07, 6.45) is 1.82. The SMILES string of the molecule is Cc1cc(-c2ccn(-c3ccccc3)n2)c(C)c(N)c1C(C)(C(=O)O)C(=O)O. The van der Waals surface area contributed by atoms with Gasteiger partial charge in [-0.2, -0.15) is 5.10 Å². The number of nitrogens with two attached hydrogens (primary N) is 1. The number of para-hydroxylation sites is 1. The van der Waals surface area contributed by atoms with Crippen LogP contribution < -0.4 is 5.73 Å². The first-order chi connectivity index (χ1) is 13.2. The number of nitrogen functional groups attached to an aromatic ring is 1. The zero-order valence-corrected chi connectivity index (χ0v) is 15.8. The lowest BCUT2D eigenvalue weighted by Crippen LogP contribution is -2.42. The van der Waals surface area contributed by atoms with Crippen molar-refractivity contribution < 1.29 is 19.8 Å². The Hall–Kier alpha value is -3.61. The molecule has 0 aliphatic carbocycles. The van der Waals surface area contributed by atoms with Crippen LogP contribution in [0.5, 0.6) is 0 Å². The van der Waals surface area contributed by atoms with E-state index in [-0.39, 0.29) is 11.3 Å². The van der Waals surface area contributed by atoms with Gasteiger partial charge in [0, 0.05) is 23.0 Å². The third-order valence-electron chi connectivity index (χ3n) is 5.07. The van der Waals surface area contributed by atoms with E-state index in [1.807, 2.05) is 42.6 Å². The molecule has 2 aromatic carbocycles. The van der Waals surface area contributed by atoms with E-state index in [1.54, 1.807) is 24.6 Å². The number of nitrogens with zero attached hydrogens (tertiary/aromatic N) is 2. The summed E-state index contributed by atoms with van der Waals surface area (Å²) in [6.45, 7) is 4.55. The minimum Gasteiger partial charge on any atom is -0.480 e. The average molecular weight is 379 g/mol. The van der Waals surface area contributed by atoms with Crippen molar-refractivity contribution >= 4 is 17.6 Å². The molecule has 0 fully saturated rings. The molecule has 0 radical (unpaired) electrons. The van der Waals surface area contributed by atoms with Crippen molar-refractivity contribution in [3.8, 4) is 16.9 Å². The van der Waals surface area contributed by atoms with Gasteiger partial charge in [-0.15, -0.1) is 0 Å². The number of aliphatic carboxylic acids is 2. The van der Waals surface area contributed by atoms with Crippen molar-refractivity contribution in [1.29, 1.82) is 0 Å². The fourth-order valence-electron chi connectivity index (χ4n) is 3.37. The highest BCUT2D eigenvalue weighted by Gasteiger charge is 2.46. The number of carboxylic acids is 2. The number of rotatable bonds is 5. The minimum absolute atomic E-state index is 0.0937. The van der Waals surface area contributed by atoms with Crippen molar-refractivity contribution in [2.24, 2.45) is 0 Å². The smallest absolute Gasteiger partial charge is 0.325 e. The summed E-state index contributed by atoms with van der Waals surface area (Å²) in [4.78, 5) is 23.5. The predicted octanol–water partition coefficient (Wildman–Crippen LogP) is 3.17. The highest BCUT2D eigenvalue weighted by Crippen LogP contribution is 2.38. The summed E-state index contributed by atoms with van der Waals surface area (Å²) in [5.41, 5.74) is 7.71. The van der Waals surface area contributed by atoms with Crippen LogP contribution in [0, 0.1) is 13.8 Å². The maximum Gasteiger partial charge on any atom is 0.325 e. The van der Waals surface area contributed by atoms with Gasteiger partial charge in [-0.3, -0.25) is 9.59 Å². The summed E-state index contributed by atoms with van der Waals surface area (Å²) in [5.74, 6) is -2.93. The van der Waals surface area contributed by atoms with E-state index in [9.17, 15) is 19.8 Å². The summed E-state index contributed by atoms with van der Waals surface area (Å²) in [6, 6.07) is 13.2. The van der Waals surface area contributed by atoms with E-state index < -0.39 is 17.4 Å². The van der Waals surface area contributed by atoms with Gasteiger partial charge in [0.15, 0.2) is 5.41 Å². The number of aromatic nitrogens is 2. The molecule has 0 bridgehead atoms. The Morgan fingerprint density at radius 2 is 1.68 bits per heavy atom. The number of carbonyl (C=O) groups is 2. The van der Waals surface area contributed by atoms with Crippen molar-refractivity contribution in [2.75, 3.05) is 5.73 Å². The van der Waals surface area contributed by atoms with Crippen molar-refractivity contribution in [3.63, 3.8) is 0 Å². The van der Waals surface area contributed by atoms with Crippen LogP contribution in [-0.4, -0.2) is 31.9 Å². The Bertz CT molecular complexity index is 1060. The van der Waals surface area contributed by atoms with Crippen LogP contribution in [0.1, 0.15) is 23.6 Å². The summed E-state index contributed by atoms with van der Waals surface area (Å²) in [5, 5.41) is 23.7. The first-order valence-electron chi connectivity index (χ1n) is 8.66. The largest absolute Gasteiger partial charge is 0.480 e. The highest BCUT2D eigenvalue weighted by molar-refractivity contribution is 6.06. The van der Waals surface area contributed by atoms with Crippen LogP contribution in [-0.2, 0) is 15.0 Å². The molecule has 0 aliphatic heterocycles. The van der Waals surface area contributed by atoms with Crippen molar-refractivity contribution in [2.45, 2.75) is 26.2 Å². The van der Waals surface area contributed by atoms with Gasteiger partial charge in [0.05, 0.1) is 11.4 Å². The van der Waals surface area contributed by atoms with E-state index in [0.29, 0.717) is 16.8 Å². The summed E-state index contributed by atoms with van der Waals surface area (Å²) < 4.78 is 1.73. The minimum atomic E-state index is -2.14. The Labute approximate surface area is 162 Å². The Morgan fingerprint density at radius 3 is 2.25 bits per heavy atom. The zero-order valence-electron chi connectivity index (χ0n) is 15.8. The Kier molecular flexibility index (Phi) is 4.68. The fourth-order valence-corrected chi connectivity index (χ4v) is 3.37. The lowest BCUT2D eigenvalue weighted by molar-refractivity contribution is -0.156. The number of benzene rings is 2. The molecular formula is C21H21N3O4. The zero-order chi connectivity index (χ0) is 20.6. The van der Waals surface area contributed by atoms with Gasteiger partial charge in [-0.05, 0) is 56.2 Å². The highest BCUT2D eigenvalue weighted by atomic mass is 16.4. The van der Waals surface area contributed by atoms with Gasteiger partial charge >= 0.3 is 11.9 Å². The molecule has 1 aromatic heterocycles. The lowest BCUT2D eigenvalue weighted by atomic mass is 9.77. The topological polar surface area (TPSA) is 118 Å². The first-order valence-corrected chi connectivity index (χ1v) is 8.66. The number of hydrogen-bond donors (Lipinski definition) is 3. The predicted molar refractivity (Wildman–Crippen MR) is 106 cm³/mol. The lowest BCUT2D eigenvalue weighted by Gasteiger charge is -2.26. The Balaban J connectivity index is 2.15. The molecule has 0 saturated heterocycles. The van der Waals surface area contributed by atoms with Crippen LogP contribution in [0.15, 0.2) is 48.7 Å². The normalized spacial score (nSPS) is 11.4. The van der Waals surface area contributed by atoms with Gasteiger partial charge in [0.2, 0.25) is 0 Å². The maximum atomic E-state index is 11.7. The van der Waals surface area contributed by atoms with Gasteiger partial charge in [0.1, 0.15) is 0 Å². The monoisotopic (exact) mass is 379 g/mol. The van der Waals surface area contributed by atoms with Gasteiger partial charge < -0.3 is 15.9 Å². The van der Waals surface area contributed by atoms with Crippen LogP contribution >= 0.6 is 0 Å². The van der Waals surface area contributed by atoms with E-state index in [2.05, 4.69) is 5.10 Å². The second-order valence-electron chi connectivity index (χ2n) is 6.87. The molecule has 0 atom stereocenters. The van der Waals surface area contributed by atoms with E-state index in [4.69, 9.17) is 5.73 Å². The van der Waals surface area contributed by atoms with E-state index >= 15 is 0 Å². The van der Waals surface area contributed by atoms with E-state index in [1.165, 1.54) is 0 Å². The molecule has 0 unspecified atom stereocenters. The van der Waals surface area contributed by atoms with Crippen LogP contribution in [0.4, 0.5) is 5.69 Å². The molecule has 1 heterocycles. The molecule has 3 aromatic rings. The quantitative estimate of drug-likeness (QED) is 0.463. The third kappa shape index (κ3) is 2.90. The molecular weight excluding hydrogens is 358 g/mol. The fraction of sp³-hybridized carbons (Fsp3) is 0.190. The van der Waals surface area contributed by atoms with Gasteiger partial charge in [-0.25, -0.2) is 4.68 Å². The molecule has 144 valence electrons. The average Bonchev–Trinajstić information content (AvgIpc) is 3.15. The second kappa shape index (κ2) is 6.84. The molecule has 0 amide bonds. The molecule has 7 nitrogen and oxygen atoms in total. The number of aryl methyl sites for hydroxylation is 1. The van der Waals surface area contributed by atoms with Crippen LogP contribution in [0.25, 0.3) is 16.9 Å². The molecule has 0 saturated carbocycles. The van der Waals surface area contributed by atoms with Crippen LogP contribution in [0.3, 0.4) is 0 Å². The van der Waals surface area contributed by atoms with E-state index in [0.717, 1.165) is 18.2 Å². The van der Waals surface area contributed by atoms with Crippen molar-refractivity contribution in [3.05, 3.63) is 65.4 Å². The number of carboxylic acid groups (broad SMARTS) is 2. The molecule has 4 N–H and O–H groups in total. The molecule has 0 spiro atoms. The van der Waals surface area contributed by atoms with Crippen LogP contribution in [0.2, 0.25) is 0 Å². The second-order valence-corrected chi connectivity index (χ2v) is 6.87. The number of anilines is 1. The summed E-state index contributed by atoms with van der Waals surface area (Å²) in [7, 11) is 0. The standard InChI is InChI=1S/C21H21N3O4/c1-12-11-15(16-9-10-24(23-16)14-7-5-4-6-8-14)13(2)18(22)17(12)21(3,19(25)26)20(27)28/h4-11H,22H2,1-3H3,(H,25,26)(H,27,28). The number of hydrogen-bond acceptors (Lipinski definition) is 4. The van der Waals surface area contributed by atoms with Crippen molar-refractivity contribution in [1.82, 2.24) is 9.78 Å². The molecule has 7 heteroatoms. The van der Waals surface area contributed by atoms with Gasteiger partial charge in [0.25, 0.3) is 0 Å². The third-order valence-corrected chi connectivity index (χ3v) is 5.07. The Morgan fingerprint density at radius 1 is 1.07 bits per heavy atom. The molecule has 3 rings (SSSR count). The summed E-state index contributed by atoms with van der Waals surface area (Å²) >= 11 is 0. The molecule has 28 heavy (non-hydrogen) atoms. The maximum absolute atomic E-state index is 11.7.